The highest BCUT2D eigenvalue weighted by Crippen LogP contribution is 2.42. The smallest absolute Gasteiger partial charge is 0.339 e. The van der Waals surface area contributed by atoms with E-state index < -0.39 is 102 Å². The third kappa shape index (κ3) is 13.5. The van der Waals surface area contributed by atoms with Crippen LogP contribution in [0.5, 0.6) is 5.75 Å². The molecule has 0 bridgehead atoms. The average Bonchev–Trinajstić information content (AvgIpc) is 3.73. The summed E-state index contributed by atoms with van der Waals surface area (Å²) in [5, 5.41) is 47.8. The SMILES string of the molecule is CC[C@H]1OC(=O)[C@H](C)[C@@H](O[C@H]2C[C@@](C)(OC)[C@@H](O)[C@H](C)O2)[C@H](C)[C@@H](O[C@@H]2O[C@H](C)CC(N(C)C)[C@H]2OC(=O)CCC(C)=CCc2c(C)c3c(c(C)c2OC)COC3=O)[C@](C)(O)C[C@@H](C)CN(C)[C@H](C)[C@@H](O)[C@]1(C)O. The zero-order valence-electron chi connectivity index (χ0n) is 47.7. The van der Waals surface area contributed by atoms with Crippen molar-refractivity contribution in [3.8, 4) is 5.75 Å². The number of cyclic esters (lactones) is 2. The van der Waals surface area contributed by atoms with Gasteiger partial charge in [-0.3, -0.25) is 9.59 Å². The van der Waals surface area contributed by atoms with Crippen LogP contribution < -0.4 is 4.74 Å². The fourth-order valence-corrected chi connectivity index (χ4v) is 12.0. The van der Waals surface area contributed by atoms with Gasteiger partial charge in [0, 0.05) is 49.6 Å². The summed E-state index contributed by atoms with van der Waals surface area (Å²) in [5.41, 5.74) is 0.308. The van der Waals surface area contributed by atoms with E-state index in [1.54, 1.807) is 48.7 Å². The first-order valence-electron chi connectivity index (χ1n) is 26.7. The summed E-state index contributed by atoms with van der Waals surface area (Å²) < 4.78 is 56.4. The lowest BCUT2D eigenvalue weighted by atomic mass is 9.77. The number of methoxy groups -OCH3 is 2. The number of benzene rings is 1. The molecule has 0 radical (unpaired) electrons. The van der Waals surface area contributed by atoms with Gasteiger partial charge in [0.15, 0.2) is 18.7 Å². The number of nitrogens with zero attached hydrogens (tertiary/aromatic N) is 2. The van der Waals surface area contributed by atoms with Gasteiger partial charge in [0.2, 0.25) is 0 Å². The molecule has 0 aromatic heterocycles. The maximum absolute atomic E-state index is 14.6. The van der Waals surface area contributed by atoms with Gasteiger partial charge in [0.05, 0.1) is 60.3 Å². The predicted octanol–water partition coefficient (Wildman–Crippen LogP) is 5.72. The van der Waals surface area contributed by atoms with Gasteiger partial charge in [0.25, 0.3) is 0 Å². The van der Waals surface area contributed by atoms with Crippen LogP contribution in [0.4, 0.5) is 0 Å². The topological polar surface area (TPSA) is 222 Å². The Bertz CT molecular complexity index is 2130. The molecule has 0 spiro atoms. The number of carbonyl (C=O) groups excluding carboxylic acids is 3. The molecule has 1 aromatic carbocycles. The monoisotopic (exact) mass is 1050 g/mol. The molecule has 4 N–H and O–H groups in total. The van der Waals surface area contributed by atoms with Crippen molar-refractivity contribution in [1.82, 2.24) is 9.80 Å². The first kappa shape index (κ1) is 61.6. The Hall–Kier alpha value is -3.27. The number of hydrogen-bond acceptors (Lipinski definition) is 18. The van der Waals surface area contributed by atoms with Gasteiger partial charge in [-0.2, -0.15) is 0 Å². The number of esters is 3. The first-order valence-corrected chi connectivity index (χ1v) is 26.7. The fraction of sp³-hybridized carbons (Fsp3) is 0.804. The number of allylic oxidation sites excluding steroid dienone is 2. The van der Waals surface area contributed by atoms with Crippen LogP contribution in [0.25, 0.3) is 0 Å². The molecule has 4 aliphatic rings. The van der Waals surface area contributed by atoms with Gasteiger partial charge >= 0.3 is 17.9 Å². The molecule has 74 heavy (non-hydrogen) atoms. The molecule has 0 saturated carbocycles. The van der Waals surface area contributed by atoms with Crippen molar-refractivity contribution in [3.63, 3.8) is 0 Å². The fourth-order valence-electron chi connectivity index (χ4n) is 12.0. The molecule has 0 amide bonds. The number of ether oxygens (including phenoxy) is 9. The minimum absolute atomic E-state index is 0.0404. The number of likely N-dealkylation sites (N-methyl/N-ethyl adjacent to an activating group) is 2. The lowest BCUT2D eigenvalue weighted by molar-refractivity contribution is -0.319. The molecule has 422 valence electrons. The van der Waals surface area contributed by atoms with Crippen molar-refractivity contribution in [2.75, 3.05) is 41.9 Å². The molecular weight excluding hydrogens is 957 g/mol. The molecular formula is C56H92N2O16. The highest BCUT2D eigenvalue weighted by molar-refractivity contribution is 5.96. The molecule has 18 atom stereocenters. The number of hydrogen-bond donors (Lipinski definition) is 4. The first-order chi connectivity index (χ1) is 34.4. The van der Waals surface area contributed by atoms with E-state index in [0.717, 1.165) is 27.8 Å². The second-order valence-corrected chi connectivity index (χ2v) is 23.1. The Morgan fingerprint density at radius 2 is 1.58 bits per heavy atom. The molecule has 1 aromatic rings. The van der Waals surface area contributed by atoms with E-state index in [2.05, 4.69) is 0 Å². The Kier molecular flexibility index (Phi) is 20.8. The molecule has 3 fully saturated rings. The van der Waals surface area contributed by atoms with E-state index in [0.29, 0.717) is 37.1 Å². The quantitative estimate of drug-likeness (QED) is 0.0995. The maximum atomic E-state index is 14.6. The van der Waals surface area contributed by atoms with Crippen LogP contribution in [-0.2, 0) is 60.5 Å². The number of aliphatic hydroxyl groups excluding tert-OH is 2. The van der Waals surface area contributed by atoms with Gasteiger partial charge in [0.1, 0.15) is 36.3 Å². The summed E-state index contributed by atoms with van der Waals surface area (Å²) in [4.78, 5) is 45.3. The van der Waals surface area contributed by atoms with Crippen LogP contribution in [-0.4, -0.2) is 180 Å². The van der Waals surface area contributed by atoms with E-state index in [9.17, 15) is 34.8 Å². The summed E-state index contributed by atoms with van der Waals surface area (Å²) in [5.74, 6) is -3.00. The van der Waals surface area contributed by atoms with Crippen LogP contribution in [0.15, 0.2) is 11.6 Å². The van der Waals surface area contributed by atoms with Gasteiger partial charge in [-0.25, -0.2) is 4.79 Å². The van der Waals surface area contributed by atoms with Crippen LogP contribution in [0.3, 0.4) is 0 Å². The van der Waals surface area contributed by atoms with E-state index in [1.165, 1.54) is 14.0 Å². The second kappa shape index (κ2) is 25.0. The van der Waals surface area contributed by atoms with E-state index >= 15 is 0 Å². The number of carbonyl (C=O) groups is 3. The second-order valence-electron chi connectivity index (χ2n) is 23.1. The zero-order chi connectivity index (χ0) is 55.5. The van der Waals surface area contributed by atoms with Crippen LogP contribution in [0.2, 0.25) is 0 Å². The molecule has 18 heteroatoms. The summed E-state index contributed by atoms with van der Waals surface area (Å²) in [7, 11) is 8.75. The highest BCUT2D eigenvalue weighted by atomic mass is 16.7. The molecule has 4 heterocycles. The van der Waals surface area contributed by atoms with E-state index in [1.807, 2.05) is 78.6 Å². The Labute approximate surface area is 440 Å². The summed E-state index contributed by atoms with van der Waals surface area (Å²) >= 11 is 0. The minimum atomic E-state index is -1.86. The maximum Gasteiger partial charge on any atom is 0.339 e. The van der Waals surface area contributed by atoms with Crippen LogP contribution >= 0.6 is 0 Å². The molecule has 0 aliphatic carbocycles. The predicted molar refractivity (Wildman–Crippen MR) is 276 cm³/mol. The number of fused-ring (bicyclic) bond motifs is 1. The lowest BCUT2D eigenvalue weighted by Crippen LogP contribution is -2.61. The minimum Gasteiger partial charge on any atom is -0.496 e. The number of rotatable bonds is 14. The van der Waals surface area contributed by atoms with Crippen molar-refractivity contribution in [2.24, 2.45) is 17.8 Å². The molecule has 18 nitrogen and oxygen atoms in total. The van der Waals surface area contributed by atoms with Gasteiger partial charge in [-0.1, -0.05) is 32.4 Å². The molecule has 3 saturated heterocycles. The van der Waals surface area contributed by atoms with Crippen LogP contribution in [0.1, 0.15) is 147 Å². The molecule has 4 aliphatic heterocycles. The summed E-state index contributed by atoms with van der Waals surface area (Å²) in [6.07, 6.45) is -6.13. The van der Waals surface area contributed by atoms with Gasteiger partial charge in [-0.15, -0.1) is 0 Å². The zero-order valence-corrected chi connectivity index (χ0v) is 47.7. The Morgan fingerprint density at radius 1 is 0.919 bits per heavy atom. The van der Waals surface area contributed by atoms with Crippen molar-refractivity contribution in [2.45, 2.75) is 232 Å². The summed E-state index contributed by atoms with van der Waals surface area (Å²) in [6.45, 7) is 23.9. The van der Waals surface area contributed by atoms with Crippen molar-refractivity contribution >= 4 is 17.9 Å². The Morgan fingerprint density at radius 3 is 2.19 bits per heavy atom. The van der Waals surface area contributed by atoms with Crippen LogP contribution in [0, 0.1) is 31.6 Å². The number of aliphatic hydroxyl groups is 4. The van der Waals surface area contributed by atoms with E-state index in [4.69, 9.17) is 42.6 Å². The van der Waals surface area contributed by atoms with Crippen molar-refractivity contribution in [1.29, 1.82) is 0 Å². The largest absolute Gasteiger partial charge is 0.496 e. The third-order valence-corrected chi connectivity index (χ3v) is 16.8. The van der Waals surface area contributed by atoms with Gasteiger partial charge < -0.3 is 72.9 Å². The average molecular weight is 1050 g/mol. The highest BCUT2D eigenvalue weighted by Gasteiger charge is 2.53. The van der Waals surface area contributed by atoms with E-state index in [-0.39, 0.29) is 56.3 Å². The normalized spacial score (nSPS) is 39.2. The third-order valence-electron chi connectivity index (χ3n) is 16.8. The van der Waals surface area contributed by atoms with Crippen molar-refractivity contribution < 1.29 is 77.4 Å². The molecule has 5 rings (SSSR count). The summed E-state index contributed by atoms with van der Waals surface area (Å²) in [6, 6.07) is -0.961. The van der Waals surface area contributed by atoms with Crippen molar-refractivity contribution in [3.05, 3.63) is 39.5 Å². The Balaban J connectivity index is 1.51. The van der Waals surface area contributed by atoms with Gasteiger partial charge in [-0.05, 0) is 140 Å². The molecule has 1 unspecified atom stereocenters. The standard InChI is InChI=1S/C56H92N2O16/c1-19-41-56(13,65)48(60)36(9)58(16)27-30(3)25-54(11,64)50(34(7)45(35(8)51(62)71-41)73-43-26-55(12,67-18)49(61)37(10)70-43)74-53-47(40(57(14)15)24-31(4)69-53)72-42(59)23-21-29(2)20-22-38-32(5)44-39(28-68-52(44)63)33(6)46(38)66-17/h20,30-31,34-37,40-41,43,45,47-50,53,60-61,64-65H,19,21-28H2,1-18H3/t30-,31-,34+,35-,36-,37+,40?,41-,43+,45+,47-,48-,49+,50-,53+,54-,55-,56-/m1/s1. The lowest BCUT2D eigenvalue weighted by Gasteiger charge is -2.49.